The normalized spacial score (nSPS) is 10.7. The second kappa shape index (κ2) is 4.97. The van der Waals surface area contributed by atoms with Crippen LogP contribution in [0.25, 0.3) is 0 Å². The highest BCUT2D eigenvalue weighted by molar-refractivity contribution is 9.10. The summed E-state index contributed by atoms with van der Waals surface area (Å²) < 4.78 is 18.9. The number of aromatic nitrogens is 2. The van der Waals surface area contributed by atoms with E-state index in [2.05, 4.69) is 26.1 Å². The molecular formula is C10H8BrFN2OS. The van der Waals surface area contributed by atoms with Crippen molar-refractivity contribution < 1.29 is 8.81 Å². The van der Waals surface area contributed by atoms with Crippen LogP contribution in [-0.2, 0) is 5.75 Å². The molecule has 0 N–H and O–H groups in total. The van der Waals surface area contributed by atoms with E-state index >= 15 is 0 Å². The first-order chi connectivity index (χ1) is 7.66. The zero-order valence-corrected chi connectivity index (χ0v) is 10.8. The van der Waals surface area contributed by atoms with Gasteiger partial charge in [0, 0.05) is 12.7 Å². The molecule has 1 heterocycles. The molecule has 1 aromatic heterocycles. The van der Waals surface area contributed by atoms with Gasteiger partial charge in [0.2, 0.25) is 5.89 Å². The molecule has 0 aliphatic heterocycles. The van der Waals surface area contributed by atoms with Crippen LogP contribution in [0.2, 0.25) is 0 Å². The molecule has 1 aromatic carbocycles. The van der Waals surface area contributed by atoms with Crippen molar-refractivity contribution in [3.05, 3.63) is 39.9 Å². The third-order valence-corrected chi connectivity index (χ3v) is 3.65. The summed E-state index contributed by atoms with van der Waals surface area (Å²) in [5.41, 5.74) is 0.862. The Kier molecular flexibility index (Phi) is 3.60. The highest BCUT2D eigenvalue weighted by Crippen LogP contribution is 2.27. The molecule has 0 saturated carbocycles. The molecule has 0 spiro atoms. The smallest absolute Gasteiger partial charge is 0.276 e. The van der Waals surface area contributed by atoms with Crippen LogP contribution in [0.3, 0.4) is 0 Å². The second-order valence-electron chi connectivity index (χ2n) is 3.09. The summed E-state index contributed by atoms with van der Waals surface area (Å²) in [6, 6.07) is 4.94. The second-order valence-corrected chi connectivity index (χ2v) is 4.81. The molecule has 0 bridgehead atoms. The summed E-state index contributed by atoms with van der Waals surface area (Å²) in [7, 11) is 0. The lowest BCUT2D eigenvalue weighted by molar-refractivity contribution is 0.429. The Morgan fingerprint density at radius 3 is 2.94 bits per heavy atom. The molecule has 0 aliphatic carbocycles. The molecule has 6 heteroatoms. The van der Waals surface area contributed by atoms with E-state index in [-0.39, 0.29) is 5.82 Å². The zero-order valence-electron chi connectivity index (χ0n) is 8.41. The van der Waals surface area contributed by atoms with Crippen molar-refractivity contribution in [1.82, 2.24) is 10.2 Å². The number of halogens is 2. The highest BCUT2D eigenvalue weighted by atomic mass is 79.9. The van der Waals surface area contributed by atoms with E-state index in [1.54, 1.807) is 13.0 Å². The summed E-state index contributed by atoms with van der Waals surface area (Å²) in [6.07, 6.45) is 0. The number of thioether (sulfide) groups is 1. The number of benzene rings is 1. The largest absolute Gasteiger partial charge is 0.416 e. The highest BCUT2D eigenvalue weighted by Gasteiger charge is 2.08. The number of aryl methyl sites for hydroxylation is 1. The van der Waals surface area contributed by atoms with E-state index in [9.17, 15) is 4.39 Å². The van der Waals surface area contributed by atoms with Gasteiger partial charge >= 0.3 is 0 Å². The van der Waals surface area contributed by atoms with E-state index in [0.717, 1.165) is 5.56 Å². The molecule has 3 nitrogen and oxygen atoms in total. The van der Waals surface area contributed by atoms with Crippen LogP contribution in [0.1, 0.15) is 11.5 Å². The Hall–Kier alpha value is -0.880. The summed E-state index contributed by atoms with van der Waals surface area (Å²) in [4.78, 5) is 0. The molecule has 0 fully saturated rings. The monoisotopic (exact) mass is 302 g/mol. The maximum atomic E-state index is 13.2. The third-order valence-electron chi connectivity index (χ3n) is 1.89. The minimum Gasteiger partial charge on any atom is -0.416 e. The summed E-state index contributed by atoms with van der Waals surface area (Å²) in [6.45, 7) is 1.73. The van der Waals surface area contributed by atoms with Crippen molar-refractivity contribution in [2.24, 2.45) is 0 Å². The van der Waals surface area contributed by atoms with Crippen molar-refractivity contribution in [2.75, 3.05) is 0 Å². The molecule has 0 aliphatic rings. The van der Waals surface area contributed by atoms with E-state index in [4.69, 9.17) is 4.42 Å². The van der Waals surface area contributed by atoms with Gasteiger partial charge in [-0.3, -0.25) is 0 Å². The van der Waals surface area contributed by atoms with Gasteiger partial charge in [-0.05, 0) is 27.6 Å². The van der Waals surface area contributed by atoms with E-state index in [0.29, 0.717) is 21.3 Å². The van der Waals surface area contributed by atoms with Crippen LogP contribution >= 0.6 is 27.7 Å². The molecular weight excluding hydrogens is 295 g/mol. The van der Waals surface area contributed by atoms with Gasteiger partial charge in [0.05, 0.1) is 4.47 Å². The lowest BCUT2D eigenvalue weighted by Gasteiger charge is -2.02. The fourth-order valence-electron chi connectivity index (χ4n) is 1.14. The van der Waals surface area contributed by atoms with Crippen molar-refractivity contribution >= 4 is 27.7 Å². The fraction of sp³-hybridized carbons (Fsp3) is 0.200. The van der Waals surface area contributed by atoms with Gasteiger partial charge in [0.1, 0.15) is 5.82 Å². The predicted molar refractivity (Wildman–Crippen MR) is 62.7 cm³/mol. The van der Waals surface area contributed by atoms with Gasteiger partial charge in [-0.1, -0.05) is 23.9 Å². The fourth-order valence-corrected chi connectivity index (χ4v) is 2.52. The van der Waals surface area contributed by atoms with Gasteiger partial charge in [0.25, 0.3) is 5.22 Å². The van der Waals surface area contributed by atoms with Crippen molar-refractivity contribution in [1.29, 1.82) is 0 Å². The first kappa shape index (κ1) is 11.6. The molecule has 0 saturated heterocycles. The van der Waals surface area contributed by atoms with Crippen molar-refractivity contribution in [3.63, 3.8) is 0 Å². The maximum Gasteiger partial charge on any atom is 0.276 e. The summed E-state index contributed by atoms with van der Waals surface area (Å²) in [5.74, 6) is 0.848. The minimum absolute atomic E-state index is 0.264. The lowest BCUT2D eigenvalue weighted by Crippen LogP contribution is -1.86. The number of hydrogen-bond donors (Lipinski definition) is 0. The average Bonchev–Trinajstić information content (AvgIpc) is 2.67. The molecule has 0 radical (unpaired) electrons. The number of nitrogens with zero attached hydrogens (tertiary/aromatic N) is 2. The van der Waals surface area contributed by atoms with Gasteiger partial charge in [-0.15, -0.1) is 10.2 Å². The van der Waals surface area contributed by atoms with Crippen LogP contribution in [0.15, 0.2) is 32.3 Å². The lowest BCUT2D eigenvalue weighted by atomic mass is 10.2. The van der Waals surface area contributed by atoms with E-state index in [1.807, 2.05) is 6.07 Å². The Balaban J connectivity index is 2.07. The van der Waals surface area contributed by atoms with Crippen LogP contribution in [0.5, 0.6) is 0 Å². The van der Waals surface area contributed by atoms with Crippen molar-refractivity contribution in [3.8, 4) is 0 Å². The number of rotatable bonds is 3. The van der Waals surface area contributed by atoms with Crippen LogP contribution in [0.4, 0.5) is 4.39 Å². The predicted octanol–water partition coefficient (Wildman–Crippen LogP) is 3.57. The summed E-state index contributed by atoms with van der Waals surface area (Å²) >= 11 is 4.58. The standard InChI is InChI=1S/C10H8BrFN2OS/c1-6-13-14-10(15-6)16-5-7-3-2-4-8(12)9(7)11/h2-4H,5H2,1H3. The Morgan fingerprint density at radius 1 is 1.44 bits per heavy atom. The third kappa shape index (κ3) is 2.62. The SMILES string of the molecule is Cc1nnc(SCc2cccc(F)c2Br)o1. The van der Waals surface area contributed by atoms with Gasteiger partial charge < -0.3 is 4.42 Å². The van der Waals surface area contributed by atoms with Gasteiger partial charge in [-0.2, -0.15) is 0 Å². The average molecular weight is 303 g/mol. The molecule has 84 valence electrons. The Bertz CT molecular complexity index is 503. The topological polar surface area (TPSA) is 38.9 Å². The zero-order chi connectivity index (χ0) is 11.5. The first-order valence-corrected chi connectivity index (χ1v) is 6.30. The van der Waals surface area contributed by atoms with Crippen LogP contribution in [-0.4, -0.2) is 10.2 Å². The first-order valence-electron chi connectivity index (χ1n) is 4.52. The molecule has 2 aromatic rings. The van der Waals surface area contributed by atoms with Crippen LogP contribution < -0.4 is 0 Å². The molecule has 0 atom stereocenters. The van der Waals surface area contributed by atoms with E-state index in [1.165, 1.54) is 17.8 Å². The Labute approximate surface area is 105 Å². The van der Waals surface area contributed by atoms with Gasteiger partial charge in [-0.25, -0.2) is 4.39 Å². The summed E-state index contributed by atoms with van der Waals surface area (Å²) in [5, 5.41) is 8.06. The molecule has 16 heavy (non-hydrogen) atoms. The van der Waals surface area contributed by atoms with E-state index < -0.39 is 0 Å². The van der Waals surface area contributed by atoms with Gasteiger partial charge in [0.15, 0.2) is 0 Å². The number of hydrogen-bond acceptors (Lipinski definition) is 4. The molecule has 2 rings (SSSR count). The maximum absolute atomic E-state index is 13.2. The minimum atomic E-state index is -0.264. The Morgan fingerprint density at radius 2 is 2.25 bits per heavy atom. The van der Waals surface area contributed by atoms with Crippen LogP contribution in [0, 0.1) is 12.7 Å². The van der Waals surface area contributed by atoms with Crippen molar-refractivity contribution in [2.45, 2.75) is 17.9 Å². The molecule has 0 amide bonds. The molecule has 0 unspecified atom stereocenters. The quantitative estimate of drug-likeness (QED) is 0.813.